The predicted octanol–water partition coefficient (Wildman–Crippen LogP) is 4.97. The van der Waals surface area contributed by atoms with Crippen LogP contribution in [0.25, 0.3) is 0 Å². The number of thiophene rings is 1. The van der Waals surface area contributed by atoms with Gasteiger partial charge in [-0.15, -0.1) is 11.3 Å². The Labute approximate surface area is 157 Å². The van der Waals surface area contributed by atoms with Crippen molar-refractivity contribution >= 4 is 34.4 Å². The molecule has 3 aromatic rings. The van der Waals surface area contributed by atoms with Gasteiger partial charge in [0, 0.05) is 35.5 Å². The molecule has 1 N–H and O–H groups in total. The molecule has 1 atom stereocenters. The van der Waals surface area contributed by atoms with E-state index < -0.39 is 0 Å². The molecule has 128 valence electrons. The van der Waals surface area contributed by atoms with Crippen LogP contribution in [0.15, 0.2) is 54.0 Å². The molecular weight excluding hydrogens is 346 g/mol. The van der Waals surface area contributed by atoms with Gasteiger partial charge in [0.15, 0.2) is 5.11 Å². The third kappa shape index (κ3) is 3.22. The Bertz CT molecular complexity index is 875. The lowest BCUT2D eigenvalue weighted by Crippen LogP contribution is -2.44. The molecule has 5 heteroatoms. The van der Waals surface area contributed by atoms with Gasteiger partial charge in [-0.3, -0.25) is 0 Å². The lowest BCUT2D eigenvalue weighted by Gasteiger charge is -2.38. The minimum absolute atomic E-state index is 0.176. The first kappa shape index (κ1) is 16.4. The first-order chi connectivity index (χ1) is 12.1. The maximum absolute atomic E-state index is 5.81. The number of aryl methyl sites for hydroxylation is 2. The summed E-state index contributed by atoms with van der Waals surface area (Å²) >= 11 is 7.59. The lowest BCUT2D eigenvalue weighted by molar-refractivity contribution is 0.297. The van der Waals surface area contributed by atoms with Crippen LogP contribution in [0.3, 0.4) is 0 Å². The summed E-state index contributed by atoms with van der Waals surface area (Å²) in [7, 11) is 0. The molecule has 3 nitrogen and oxygen atoms in total. The molecule has 0 bridgehead atoms. The van der Waals surface area contributed by atoms with E-state index in [1.54, 1.807) is 11.3 Å². The van der Waals surface area contributed by atoms with Crippen molar-refractivity contribution in [3.63, 3.8) is 0 Å². The molecule has 0 aliphatic carbocycles. The highest BCUT2D eigenvalue weighted by Gasteiger charge is 2.31. The van der Waals surface area contributed by atoms with Crippen LogP contribution in [0.4, 0.5) is 5.69 Å². The van der Waals surface area contributed by atoms with Crippen LogP contribution in [0, 0.1) is 13.8 Å². The molecule has 1 aliphatic rings. The SMILES string of the molecule is Cc1cc(C)cc(NC(=S)N2CCn3cccc3[C@@H]2c2cccs2)c1. The highest BCUT2D eigenvalue weighted by Crippen LogP contribution is 2.35. The van der Waals surface area contributed by atoms with E-state index in [9.17, 15) is 0 Å². The molecule has 3 heterocycles. The summed E-state index contributed by atoms with van der Waals surface area (Å²) in [5.74, 6) is 0. The van der Waals surface area contributed by atoms with Gasteiger partial charge in [0.25, 0.3) is 0 Å². The minimum Gasteiger partial charge on any atom is -0.347 e. The molecule has 25 heavy (non-hydrogen) atoms. The van der Waals surface area contributed by atoms with Gasteiger partial charge in [-0.25, -0.2) is 0 Å². The largest absolute Gasteiger partial charge is 0.347 e. The summed E-state index contributed by atoms with van der Waals surface area (Å²) in [5.41, 5.74) is 4.85. The molecule has 0 fully saturated rings. The van der Waals surface area contributed by atoms with E-state index in [4.69, 9.17) is 12.2 Å². The van der Waals surface area contributed by atoms with Gasteiger partial charge in [-0.2, -0.15) is 0 Å². The smallest absolute Gasteiger partial charge is 0.174 e. The second-order valence-corrected chi connectivity index (χ2v) is 7.91. The van der Waals surface area contributed by atoms with Crippen LogP contribution in [0.2, 0.25) is 0 Å². The number of nitrogens with one attached hydrogen (secondary N) is 1. The Hall–Kier alpha value is -2.11. The van der Waals surface area contributed by atoms with Gasteiger partial charge in [-0.1, -0.05) is 12.1 Å². The van der Waals surface area contributed by atoms with E-state index in [0.29, 0.717) is 0 Å². The predicted molar refractivity (Wildman–Crippen MR) is 109 cm³/mol. The number of rotatable bonds is 2. The van der Waals surface area contributed by atoms with Crippen LogP contribution in [-0.4, -0.2) is 21.1 Å². The lowest BCUT2D eigenvalue weighted by atomic mass is 10.1. The van der Waals surface area contributed by atoms with Crippen molar-refractivity contribution in [2.45, 2.75) is 26.4 Å². The molecular formula is C20H21N3S2. The van der Waals surface area contributed by atoms with Crippen LogP contribution >= 0.6 is 23.6 Å². The number of thiocarbonyl (C=S) groups is 1. The molecule has 0 amide bonds. The summed E-state index contributed by atoms with van der Waals surface area (Å²) in [5, 5.41) is 6.38. The standard InChI is InChI=1S/C20H21N3S2/c1-14-11-15(2)13-16(12-14)21-20(24)23-9-8-22-7-3-5-17(22)19(23)18-6-4-10-25-18/h3-7,10-13,19H,8-9H2,1-2H3,(H,21,24)/t19-/m1/s1. The van der Waals surface area contributed by atoms with Crippen molar-refractivity contribution < 1.29 is 0 Å². The van der Waals surface area contributed by atoms with E-state index in [-0.39, 0.29) is 6.04 Å². The highest BCUT2D eigenvalue weighted by molar-refractivity contribution is 7.80. The van der Waals surface area contributed by atoms with Crippen LogP contribution < -0.4 is 5.32 Å². The Morgan fingerprint density at radius 3 is 2.64 bits per heavy atom. The van der Waals surface area contributed by atoms with E-state index in [0.717, 1.165) is 23.9 Å². The molecule has 4 rings (SSSR count). The fraction of sp³-hybridized carbons (Fsp3) is 0.250. The quantitative estimate of drug-likeness (QED) is 0.646. The van der Waals surface area contributed by atoms with Crippen molar-refractivity contribution in [3.8, 4) is 0 Å². The zero-order valence-electron chi connectivity index (χ0n) is 14.4. The van der Waals surface area contributed by atoms with Gasteiger partial charge < -0.3 is 14.8 Å². The molecule has 0 saturated carbocycles. The summed E-state index contributed by atoms with van der Waals surface area (Å²) in [6.07, 6.45) is 2.16. The number of anilines is 1. The number of benzene rings is 1. The first-order valence-corrected chi connectivity index (χ1v) is 9.75. The van der Waals surface area contributed by atoms with Crippen molar-refractivity contribution in [1.29, 1.82) is 0 Å². The summed E-state index contributed by atoms with van der Waals surface area (Å²) in [6.45, 7) is 6.09. The molecule has 0 unspecified atom stereocenters. The van der Waals surface area contributed by atoms with Crippen LogP contribution in [0.1, 0.15) is 27.7 Å². The number of aromatic nitrogens is 1. The molecule has 0 radical (unpaired) electrons. The zero-order chi connectivity index (χ0) is 17.4. The van der Waals surface area contributed by atoms with Gasteiger partial charge in [-0.05, 0) is 72.9 Å². The van der Waals surface area contributed by atoms with Crippen LogP contribution in [0.5, 0.6) is 0 Å². The summed E-state index contributed by atoms with van der Waals surface area (Å²) in [6, 6.07) is 15.3. The molecule has 1 aliphatic heterocycles. The first-order valence-electron chi connectivity index (χ1n) is 8.46. The van der Waals surface area contributed by atoms with Crippen molar-refractivity contribution in [3.05, 3.63) is 75.7 Å². The molecule has 0 saturated heterocycles. The van der Waals surface area contributed by atoms with Crippen molar-refractivity contribution in [2.24, 2.45) is 0 Å². The Kier molecular flexibility index (Phi) is 4.36. The van der Waals surface area contributed by atoms with Crippen LogP contribution in [-0.2, 0) is 6.54 Å². The number of nitrogens with zero attached hydrogens (tertiary/aromatic N) is 2. The monoisotopic (exact) mass is 367 g/mol. The van der Waals surface area contributed by atoms with Gasteiger partial charge in [0.2, 0.25) is 0 Å². The van der Waals surface area contributed by atoms with Gasteiger partial charge in [0.05, 0.1) is 0 Å². The highest BCUT2D eigenvalue weighted by atomic mass is 32.1. The average molecular weight is 368 g/mol. The maximum Gasteiger partial charge on any atom is 0.174 e. The number of hydrogen-bond acceptors (Lipinski definition) is 2. The summed E-state index contributed by atoms with van der Waals surface area (Å²) < 4.78 is 2.33. The minimum atomic E-state index is 0.176. The Balaban J connectivity index is 1.65. The molecule has 1 aromatic carbocycles. The third-order valence-corrected chi connectivity index (χ3v) is 5.85. The average Bonchev–Trinajstić information content (AvgIpc) is 3.24. The topological polar surface area (TPSA) is 20.2 Å². The maximum atomic E-state index is 5.81. The number of fused-ring (bicyclic) bond motifs is 1. The van der Waals surface area contributed by atoms with E-state index >= 15 is 0 Å². The fourth-order valence-electron chi connectivity index (χ4n) is 3.59. The van der Waals surface area contributed by atoms with E-state index in [1.807, 2.05) is 0 Å². The van der Waals surface area contributed by atoms with Crippen molar-refractivity contribution in [2.75, 3.05) is 11.9 Å². The third-order valence-electron chi connectivity index (χ3n) is 4.58. The summed E-state index contributed by atoms with van der Waals surface area (Å²) in [4.78, 5) is 3.64. The van der Waals surface area contributed by atoms with Gasteiger partial charge >= 0.3 is 0 Å². The molecule has 0 spiro atoms. The van der Waals surface area contributed by atoms with Gasteiger partial charge in [0.1, 0.15) is 6.04 Å². The Morgan fingerprint density at radius 1 is 1.12 bits per heavy atom. The molecule has 2 aromatic heterocycles. The van der Waals surface area contributed by atoms with E-state index in [2.05, 4.69) is 82.7 Å². The number of hydrogen-bond donors (Lipinski definition) is 1. The second kappa shape index (κ2) is 6.65. The fourth-order valence-corrected chi connectivity index (χ4v) is 4.75. The Morgan fingerprint density at radius 2 is 1.92 bits per heavy atom. The van der Waals surface area contributed by atoms with Crippen molar-refractivity contribution in [1.82, 2.24) is 9.47 Å². The zero-order valence-corrected chi connectivity index (χ0v) is 16.0. The second-order valence-electron chi connectivity index (χ2n) is 6.54. The normalized spacial score (nSPS) is 16.6. The van der Waals surface area contributed by atoms with E-state index in [1.165, 1.54) is 21.7 Å².